The molecular weight excluding hydrogens is 331 g/mol. The molecule has 1 N–H and O–H groups in total. The highest BCUT2D eigenvalue weighted by Crippen LogP contribution is 2.27. The van der Waals surface area contributed by atoms with Gasteiger partial charge in [0.2, 0.25) is 0 Å². The Hall–Kier alpha value is -0.450. The minimum atomic E-state index is -0.169. The van der Waals surface area contributed by atoms with E-state index in [4.69, 9.17) is 0 Å². The van der Waals surface area contributed by atoms with Crippen LogP contribution < -0.4 is 5.32 Å². The van der Waals surface area contributed by atoms with Gasteiger partial charge in [-0.1, -0.05) is 36.2 Å². The van der Waals surface area contributed by atoms with Crippen molar-refractivity contribution in [3.05, 3.63) is 34.1 Å². The Morgan fingerprint density at radius 3 is 2.76 bits per heavy atom. The lowest BCUT2D eigenvalue weighted by molar-refractivity contribution is 0.0396. The van der Waals surface area contributed by atoms with Gasteiger partial charge in [-0.05, 0) is 43.5 Å². The predicted molar refractivity (Wildman–Crippen MR) is 89.9 cm³/mol. The predicted octanol–water partition coefficient (Wildman–Crippen LogP) is 4.33. The van der Waals surface area contributed by atoms with Crippen molar-refractivity contribution in [1.29, 1.82) is 0 Å². The number of nitrogens with one attached hydrogen (secondary N) is 1. The van der Waals surface area contributed by atoms with Crippen LogP contribution in [-0.2, 0) is 6.54 Å². The standard InChI is InChI=1S/C17H26BrFN2/c1-4-6-16-11-21(17(3,5-2)12-20-16)10-13-7-14(18)9-15(19)8-13/h7-9,16,20H,4-6,10-12H2,1-3H3. The van der Waals surface area contributed by atoms with E-state index in [1.165, 1.54) is 18.9 Å². The van der Waals surface area contributed by atoms with E-state index >= 15 is 0 Å². The molecule has 1 heterocycles. The fourth-order valence-electron chi connectivity index (χ4n) is 3.10. The first-order chi connectivity index (χ1) is 9.96. The third-order valence-electron chi connectivity index (χ3n) is 4.67. The van der Waals surface area contributed by atoms with E-state index in [0.29, 0.717) is 6.04 Å². The summed E-state index contributed by atoms with van der Waals surface area (Å²) >= 11 is 3.39. The molecule has 1 saturated heterocycles. The van der Waals surface area contributed by atoms with Crippen molar-refractivity contribution in [2.45, 2.75) is 58.2 Å². The molecule has 2 atom stereocenters. The average Bonchev–Trinajstić information content (AvgIpc) is 2.42. The van der Waals surface area contributed by atoms with Crippen LogP contribution in [0.5, 0.6) is 0 Å². The third-order valence-corrected chi connectivity index (χ3v) is 5.13. The lowest BCUT2D eigenvalue weighted by Crippen LogP contribution is -2.62. The van der Waals surface area contributed by atoms with Crippen LogP contribution in [0.15, 0.2) is 22.7 Å². The molecule has 1 aromatic rings. The smallest absolute Gasteiger partial charge is 0.124 e. The van der Waals surface area contributed by atoms with Gasteiger partial charge in [0.05, 0.1) is 0 Å². The second kappa shape index (κ2) is 7.21. The molecule has 0 spiro atoms. The van der Waals surface area contributed by atoms with E-state index in [9.17, 15) is 4.39 Å². The summed E-state index contributed by atoms with van der Waals surface area (Å²) in [5.74, 6) is -0.169. The van der Waals surface area contributed by atoms with Gasteiger partial charge in [0.1, 0.15) is 5.82 Å². The molecular formula is C17H26BrFN2. The maximum absolute atomic E-state index is 13.6. The molecule has 1 fully saturated rings. The lowest BCUT2D eigenvalue weighted by atomic mass is 9.90. The van der Waals surface area contributed by atoms with E-state index in [1.807, 2.05) is 6.07 Å². The molecule has 0 aliphatic carbocycles. The molecule has 0 radical (unpaired) electrons. The van der Waals surface area contributed by atoms with Crippen LogP contribution in [0.4, 0.5) is 4.39 Å². The van der Waals surface area contributed by atoms with Crippen molar-refractivity contribution in [2.75, 3.05) is 13.1 Å². The number of nitrogens with zero attached hydrogens (tertiary/aromatic N) is 1. The monoisotopic (exact) mass is 356 g/mol. The first-order valence-electron chi connectivity index (χ1n) is 7.90. The van der Waals surface area contributed by atoms with Crippen LogP contribution in [0.3, 0.4) is 0 Å². The molecule has 0 amide bonds. The SMILES string of the molecule is CCCC1CN(Cc2cc(F)cc(Br)c2)C(C)(CC)CN1. The quantitative estimate of drug-likeness (QED) is 0.844. The molecule has 1 aromatic carbocycles. The third kappa shape index (κ3) is 4.27. The van der Waals surface area contributed by atoms with Gasteiger partial charge in [0, 0.05) is 35.7 Å². The van der Waals surface area contributed by atoms with Gasteiger partial charge in [0.15, 0.2) is 0 Å². The Morgan fingerprint density at radius 1 is 1.38 bits per heavy atom. The summed E-state index contributed by atoms with van der Waals surface area (Å²) in [6.07, 6.45) is 3.48. The Balaban J connectivity index is 2.15. The molecule has 0 bridgehead atoms. The Morgan fingerprint density at radius 2 is 2.14 bits per heavy atom. The number of halogens is 2. The molecule has 2 unspecified atom stereocenters. The normalized spacial score (nSPS) is 27.0. The summed E-state index contributed by atoms with van der Waals surface area (Å²) in [6, 6.07) is 5.74. The lowest BCUT2D eigenvalue weighted by Gasteiger charge is -2.48. The van der Waals surface area contributed by atoms with Gasteiger partial charge < -0.3 is 5.32 Å². The summed E-state index contributed by atoms with van der Waals surface area (Å²) in [5.41, 5.74) is 1.18. The van der Waals surface area contributed by atoms with Gasteiger partial charge >= 0.3 is 0 Å². The van der Waals surface area contributed by atoms with Crippen molar-refractivity contribution in [3.63, 3.8) is 0 Å². The van der Waals surface area contributed by atoms with E-state index in [-0.39, 0.29) is 11.4 Å². The van der Waals surface area contributed by atoms with Crippen LogP contribution in [0.1, 0.15) is 45.6 Å². The minimum absolute atomic E-state index is 0.142. The average molecular weight is 357 g/mol. The summed E-state index contributed by atoms with van der Waals surface area (Å²) in [4.78, 5) is 2.52. The molecule has 2 nitrogen and oxygen atoms in total. The van der Waals surface area contributed by atoms with Crippen LogP contribution >= 0.6 is 15.9 Å². The summed E-state index contributed by atoms with van der Waals surface area (Å²) < 4.78 is 14.4. The number of rotatable bonds is 5. The van der Waals surface area contributed by atoms with Gasteiger partial charge in [0.25, 0.3) is 0 Å². The molecule has 0 aromatic heterocycles. The highest BCUT2D eigenvalue weighted by atomic mass is 79.9. The number of hydrogen-bond donors (Lipinski definition) is 1. The fourth-order valence-corrected chi connectivity index (χ4v) is 3.61. The maximum Gasteiger partial charge on any atom is 0.124 e. The number of benzene rings is 1. The zero-order valence-corrected chi connectivity index (χ0v) is 14.8. The Bertz CT molecular complexity index is 460. The van der Waals surface area contributed by atoms with E-state index < -0.39 is 0 Å². The molecule has 2 rings (SSSR count). The van der Waals surface area contributed by atoms with Crippen molar-refractivity contribution in [3.8, 4) is 0 Å². The van der Waals surface area contributed by atoms with E-state index in [2.05, 4.69) is 46.9 Å². The second-order valence-corrected chi connectivity index (χ2v) is 7.29. The molecule has 4 heteroatoms. The van der Waals surface area contributed by atoms with Gasteiger partial charge in [-0.15, -0.1) is 0 Å². The molecule has 118 valence electrons. The van der Waals surface area contributed by atoms with Crippen LogP contribution in [-0.4, -0.2) is 29.6 Å². The molecule has 1 aliphatic rings. The highest BCUT2D eigenvalue weighted by Gasteiger charge is 2.35. The van der Waals surface area contributed by atoms with Gasteiger partial charge in [-0.3, -0.25) is 4.90 Å². The topological polar surface area (TPSA) is 15.3 Å². The van der Waals surface area contributed by atoms with Gasteiger partial charge in [-0.25, -0.2) is 4.39 Å². The molecule has 21 heavy (non-hydrogen) atoms. The minimum Gasteiger partial charge on any atom is -0.311 e. The number of hydrogen-bond acceptors (Lipinski definition) is 2. The summed E-state index contributed by atoms with van der Waals surface area (Å²) in [6.45, 7) is 9.61. The van der Waals surface area contributed by atoms with Crippen molar-refractivity contribution >= 4 is 15.9 Å². The fraction of sp³-hybridized carbons (Fsp3) is 0.647. The summed E-state index contributed by atoms with van der Waals surface area (Å²) in [7, 11) is 0. The molecule has 0 saturated carbocycles. The highest BCUT2D eigenvalue weighted by molar-refractivity contribution is 9.10. The Labute approximate surface area is 136 Å². The van der Waals surface area contributed by atoms with Crippen LogP contribution in [0.2, 0.25) is 0 Å². The zero-order chi connectivity index (χ0) is 15.5. The number of piperazine rings is 1. The van der Waals surface area contributed by atoms with E-state index in [0.717, 1.165) is 36.1 Å². The van der Waals surface area contributed by atoms with Crippen LogP contribution in [0, 0.1) is 5.82 Å². The molecule has 1 aliphatic heterocycles. The summed E-state index contributed by atoms with van der Waals surface area (Å²) in [5, 5.41) is 3.68. The van der Waals surface area contributed by atoms with Crippen molar-refractivity contribution in [2.24, 2.45) is 0 Å². The van der Waals surface area contributed by atoms with Gasteiger partial charge in [-0.2, -0.15) is 0 Å². The first-order valence-corrected chi connectivity index (χ1v) is 8.69. The van der Waals surface area contributed by atoms with Crippen molar-refractivity contribution in [1.82, 2.24) is 10.2 Å². The van der Waals surface area contributed by atoms with Crippen LogP contribution in [0.25, 0.3) is 0 Å². The first kappa shape index (κ1) is 16.9. The Kier molecular flexibility index (Phi) is 5.81. The van der Waals surface area contributed by atoms with Crippen molar-refractivity contribution < 1.29 is 4.39 Å². The second-order valence-electron chi connectivity index (χ2n) is 6.38. The zero-order valence-electron chi connectivity index (χ0n) is 13.3. The largest absolute Gasteiger partial charge is 0.311 e. The van der Waals surface area contributed by atoms with E-state index in [1.54, 1.807) is 6.07 Å². The maximum atomic E-state index is 13.6.